The van der Waals surface area contributed by atoms with E-state index in [1.165, 1.54) is 0 Å². The van der Waals surface area contributed by atoms with Crippen molar-refractivity contribution in [3.8, 4) is 28.4 Å². The molecule has 2 aromatic carbocycles. The van der Waals surface area contributed by atoms with Crippen molar-refractivity contribution in [1.29, 1.82) is 0 Å². The number of imidazole rings is 1. The maximum atomic E-state index is 10.5. The maximum Gasteiger partial charge on any atom is 0.224 e. The highest BCUT2D eigenvalue weighted by molar-refractivity contribution is 5.85. The Morgan fingerprint density at radius 3 is 2.09 bits per heavy atom. The number of rotatable bonds is 2. The number of fused-ring (bicyclic) bond motifs is 1. The first kappa shape index (κ1) is 15.1. The summed E-state index contributed by atoms with van der Waals surface area (Å²) in [6, 6.07) is 19.5. The number of aromatic hydroxyl groups is 1. The molecular formula is C18H14ClN3O. The van der Waals surface area contributed by atoms with Gasteiger partial charge in [0.15, 0.2) is 5.65 Å². The van der Waals surface area contributed by atoms with Crippen LogP contribution in [0.15, 0.2) is 73.1 Å². The van der Waals surface area contributed by atoms with Gasteiger partial charge in [0.05, 0.1) is 11.9 Å². The van der Waals surface area contributed by atoms with Gasteiger partial charge >= 0.3 is 0 Å². The van der Waals surface area contributed by atoms with E-state index >= 15 is 0 Å². The Morgan fingerprint density at radius 2 is 1.43 bits per heavy atom. The van der Waals surface area contributed by atoms with Crippen molar-refractivity contribution in [2.75, 3.05) is 0 Å². The fraction of sp³-hybridized carbons (Fsp3) is 0. The summed E-state index contributed by atoms with van der Waals surface area (Å²) in [4.78, 5) is 8.90. The quantitative estimate of drug-likeness (QED) is 0.601. The van der Waals surface area contributed by atoms with Gasteiger partial charge in [-0.3, -0.25) is 9.38 Å². The van der Waals surface area contributed by atoms with E-state index in [4.69, 9.17) is 0 Å². The Hall–Kier alpha value is -2.85. The molecule has 0 aliphatic carbocycles. The van der Waals surface area contributed by atoms with E-state index in [0.717, 1.165) is 16.8 Å². The summed E-state index contributed by atoms with van der Waals surface area (Å²) >= 11 is 0. The van der Waals surface area contributed by atoms with Crippen LogP contribution in [0, 0.1) is 0 Å². The molecule has 0 saturated carbocycles. The van der Waals surface area contributed by atoms with Crippen LogP contribution in [-0.4, -0.2) is 19.5 Å². The fourth-order valence-corrected chi connectivity index (χ4v) is 2.49. The van der Waals surface area contributed by atoms with Crippen molar-refractivity contribution < 1.29 is 5.11 Å². The topological polar surface area (TPSA) is 50.4 Å². The minimum absolute atomic E-state index is 0. The third-order valence-corrected chi connectivity index (χ3v) is 3.60. The van der Waals surface area contributed by atoms with Gasteiger partial charge in [0.25, 0.3) is 0 Å². The van der Waals surface area contributed by atoms with Crippen LogP contribution in [0.3, 0.4) is 0 Å². The zero-order valence-corrected chi connectivity index (χ0v) is 12.9. The highest BCUT2D eigenvalue weighted by Crippen LogP contribution is 2.30. The summed E-state index contributed by atoms with van der Waals surface area (Å²) in [5, 5.41) is 10.5. The van der Waals surface area contributed by atoms with Crippen molar-refractivity contribution in [1.82, 2.24) is 14.4 Å². The molecular weight excluding hydrogens is 310 g/mol. The largest absolute Gasteiger partial charge is 0.493 e. The molecule has 0 amide bonds. The van der Waals surface area contributed by atoms with Gasteiger partial charge in [-0.2, -0.15) is 0 Å². The molecule has 0 bridgehead atoms. The lowest BCUT2D eigenvalue weighted by molar-refractivity contribution is 0.450. The van der Waals surface area contributed by atoms with Crippen LogP contribution in [0.1, 0.15) is 0 Å². The Labute approximate surface area is 139 Å². The molecule has 0 aliphatic rings. The molecule has 5 heteroatoms. The first-order chi connectivity index (χ1) is 10.8. The monoisotopic (exact) mass is 323 g/mol. The first-order valence-electron chi connectivity index (χ1n) is 7.01. The van der Waals surface area contributed by atoms with Crippen LogP contribution < -0.4 is 0 Å². The van der Waals surface area contributed by atoms with Gasteiger partial charge in [-0.15, -0.1) is 12.4 Å². The number of nitrogens with zero attached hydrogens (tertiary/aromatic N) is 3. The van der Waals surface area contributed by atoms with E-state index in [1.54, 1.807) is 16.8 Å². The summed E-state index contributed by atoms with van der Waals surface area (Å²) in [5.41, 5.74) is 3.85. The van der Waals surface area contributed by atoms with Crippen LogP contribution in [-0.2, 0) is 0 Å². The molecule has 0 radical (unpaired) electrons. The second kappa shape index (κ2) is 6.10. The lowest BCUT2D eigenvalue weighted by atomic mass is 10.1. The standard InChI is InChI=1S/C18H13N3O.ClH/c22-18-17(14-9-5-2-6-10-14)20-16-11-19-15(12-21(16)18)13-7-3-1-4-8-13;/h1-12,22H;1H. The third-order valence-electron chi connectivity index (χ3n) is 3.60. The second-order valence-electron chi connectivity index (χ2n) is 5.02. The average molecular weight is 324 g/mol. The Bertz CT molecular complexity index is 937. The molecule has 2 aromatic heterocycles. The zero-order chi connectivity index (χ0) is 14.9. The molecule has 23 heavy (non-hydrogen) atoms. The van der Waals surface area contributed by atoms with Crippen molar-refractivity contribution in [2.24, 2.45) is 0 Å². The molecule has 4 rings (SSSR count). The van der Waals surface area contributed by atoms with E-state index in [1.807, 2.05) is 60.7 Å². The summed E-state index contributed by atoms with van der Waals surface area (Å²) in [6.45, 7) is 0. The van der Waals surface area contributed by atoms with Gasteiger partial charge in [-0.1, -0.05) is 60.7 Å². The molecule has 0 unspecified atom stereocenters. The van der Waals surface area contributed by atoms with Crippen LogP contribution in [0.2, 0.25) is 0 Å². The van der Waals surface area contributed by atoms with Gasteiger partial charge in [-0.05, 0) is 0 Å². The Morgan fingerprint density at radius 1 is 0.826 bits per heavy atom. The van der Waals surface area contributed by atoms with Gasteiger partial charge in [-0.25, -0.2) is 4.98 Å². The molecule has 0 saturated heterocycles. The van der Waals surface area contributed by atoms with E-state index in [9.17, 15) is 5.11 Å². The van der Waals surface area contributed by atoms with Crippen LogP contribution in [0.25, 0.3) is 28.2 Å². The van der Waals surface area contributed by atoms with Crippen molar-refractivity contribution in [3.05, 3.63) is 73.1 Å². The lowest BCUT2D eigenvalue weighted by Gasteiger charge is -2.02. The third kappa shape index (κ3) is 2.64. The SMILES string of the molecule is Cl.Oc1c(-c2ccccc2)nc2cnc(-c3ccccc3)cn12. The van der Waals surface area contributed by atoms with Crippen LogP contribution in [0.4, 0.5) is 0 Å². The predicted molar refractivity (Wildman–Crippen MR) is 92.8 cm³/mol. The Balaban J connectivity index is 0.00000156. The molecule has 0 aliphatic heterocycles. The van der Waals surface area contributed by atoms with Gasteiger partial charge < -0.3 is 5.11 Å². The van der Waals surface area contributed by atoms with Crippen LogP contribution >= 0.6 is 12.4 Å². The van der Waals surface area contributed by atoms with E-state index in [-0.39, 0.29) is 18.3 Å². The number of benzene rings is 2. The number of hydrogen-bond acceptors (Lipinski definition) is 3. The van der Waals surface area contributed by atoms with Gasteiger partial charge in [0.2, 0.25) is 5.88 Å². The minimum Gasteiger partial charge on any atom is -0.493 e. The number of aromatic nitrogens is 3. The van der Waals surface area contributed by atoms with E-state index in [2.05, 4.69) is 9.97 Å². The fourth-order valence-electron chi connectivity index (χ4n) is 2.49. The van der Waals surface area contributed by atoms with Crippen molar-refractivity contribution in [2.45, 2.75) is 0 Å². The highest BCUT2D eigenvalue weighted by Gasteiger charge is 2.13. The summed E-state index contributed by atoms with van der Waals surface area (Å²) in [7, 11) is 0. The molecule has 0 spiro atoms. The molecule has 4 aromatic rings. The van der Waals surface area contributed by atoms with E-state index < -0.39 is 0 Å². The summed E-state index contributed by atoms with van der Waals surface area (Å²) < 4.78 is 1.66. The van der Waals surface area contributed by atoms with Gasteiger partial charge in [0, 0.05) is 17.3 Å². The summed E-state index contributed by atoms with van der Waals surface area (Å²) in [5.74, 6) is 0.126. The number of halogens is 1. The lowest BCUT2D eigenvalue weighted by Crippen LogP contribution is -1.90. The normalized spacial score (nSPS) is 10.4. The molecule has 0 atom stereocenters. The molecule has 2 heterocycles. The predicted octanol–water partition coefficient (Wildman–Crippen LogP) is 4.19. The molecule has 114 valence electrons. The first-order valence-corrected chi connectivity index (χ1v) is 7.01. The van der Waals surface area contributed by atoms with E-state index in [0.29, 0.717) is 11.3 Å². The van der Waals surface area contributed by atoms with Crippen molar-refractivity contribution >= 4 is 18.1 Å². The smallest absolute Gasteiger partial charge is 0.224 e. The Kier molecular flexibility index (Phi) is 4.00. The average Bonchev–Trinajstić information content (AvgIpc) is 2.93. The van der Waals surface area contributed by atoms with Gasteiger partial charge in [0.1, 0.15) is 5.69 Å². The maximum absolute atomic E-state index is 10.5. The zero-order valence-electron chi connectivity index (χ0n) is 12.1. The minimum atomic E-state index is 0. The molecule has 4 nitrogen and oxygen atoms in total. The number of hydrogen-bond donors (Lipinski definition) is 1. The summed E-state index contributed by atoms with van der Waals surface area (Å²) in [6.07, 6.45) is 3.48. The van der Waals surface area contributed by atoms with Crippen molar-refractivity contribution in [3.63, 3.8) is 0 Å². The van der Waals surface area contributed by atoms with Crippen LogP contribution in [0.5, 0.6) is 5.88 Å². The molecule has 1 N–H and O–H groups in total. The highest BCUT2D eigenvalue weighted by atomic mass is 35.5. The molecule has 0 fully saturated rings. The second-order valence-corrected chi connectivity index (χ2v) is 5.02.